The highest BCUT2D eigenvalue weighted by Crippen LogP contribution is 2.44. The van der Waals surface area contributed by atoms with Crippen molar-refractivity contribution in [1.29, 1.82) is 0 Å². The molecule has 0 aliphatic heterocycles. The van der Waals surface area contributed by atoms with Crippen molar-refractivity contribution in [3.63, 3.8) is 0 Å². The van der Waals surface area contributed by atoms with Crippen molar-refractivity contribution in [1.82, 2.24) is 0 Å². The molecule has 56 valence electrons. The lowest BCUT2D eigenvalue weighted by Gasteiger charge is -2.23. The minimum absolute atomic E-state index is 0.324. The Bertz CT molecular complexity index is 59.0. The van der Waals surface area contributed by atoms with Gasteiger partial charge in [0.1, 0.15) is 0 Å². The minimum Gasteiger partial charge on any atom is -0.102 e. The normalized spacial score (nSPS) is 12.0. The number of rotatable bonds is 3. The molecule has 0 nitrogen and oxygen atoms in total. The van der Waals surface area contributed by atoms with E-state index in [2.05, 4.69) is 34.6 Å². The Hall–Kier alpha value is 0.430. The van der Waals surface area contributed by atoms with Gasteiger partial charge in [0.25, 0.3) is 0 Å². The van der Waals surface area contributed by atoms with Crippen LogP contribution in [0.3, 0.4) is 0 Å². The fourth-order valence-electron chi connectivity index (χ4n) is 1.33. The van der Waals surface area contributed by atoms with Gasteiger partial charge in [-0.15, -0.1) is 7.92 Å². The molecule has 0 amide bonds. The quantitative estimate of drug-likeness (QED) is 0.536. The van der Waals surface area contributed by atoms with Gasteiger partial charge < -0.3 is 0 Å². The molecule has 0 spiro atoms. The summed E-state index contributed by atoms with van der Waals surface area (Å²) in [7, 11) is 0.324. The molecule has 0 aliphatic carbocycles. The van der Waals surface area contributed by atoms with E-state index in [0.717, 1.165) is 11.3 Å². The highest BCUT2D eigenvalue weighted by molar-refractivity contribution is 7.59. The first kappa shape index (κ1) is 9.43. The smallest absolute Gasteiger partial charge is 0.0264 e. The Morgan fingerprint density at radius 2 is 1.33 bits per heavy atom. The largest absolute Gasteiger partial charge is 0.102 e. The molecule has 1 heteroatoms. The van der Waals surface area contributed by atoms with E-state index >= 15 is 0 Å². The standard InChI is InChI=1S/C8H19P/c1-6-9(7(2)3)8(4)5/h7-8H,6H2,1-5H3. The molecule has 0 N–H and O–H groups in total. The van der Waals surface area contributed by atoms with Gasteiger partial charge in [-0.2, -0.15) is 0 Å². The summed E-state index contributed by atoms with van der Waals surface area (Å²) in [5.41, 5.74) is 1.84. The molecule has 0 atom stereocenters. The summed E-state index contributed by atoms with van der Waals surface area (Å²) in [6, 6.07) is 0. The van der Waals surface area contributed by atoms with Crippen LogP contribution in [-0.4, -0.2) is 17.5 Å². The van der Waals surface area contributed by atoms with E-state index in [1.54, 1.807) is 0 Å². The minimum atomic E-state index is 0.324. The maximum atomic E-state index is 2.34. The Labute approximate surface area is 60.8 Å². The summed E-state index contributed by atoms with van der Waals surface area (Å²) in [5.74, 6) is 0. The summed E-state index contributed by atoms with van der Waals surface area (Å²) in [6.45, 7) is 11.7. The van der Waals surface area contributed by atoms with Gasteiger partial charge in [0.05, 0.1) is 0 Å². The third-order valence-electron chi connectivity index (χ3n) is 1.69. The fraction of sp³-hybridized carbons (Fsp3) is 1.00. The predicted molar refractivity (Wildman–Crippen MR) is 47.7 cm³/mol. The second-order valence-corrected chi connectivity index (χ2v) is 6.74. The van der Waals surface area contributed by atoms with Crippen LogP contribution in [-0.2, 0) is 0 Å². The third kappa shape index (κ3) is 3.20. The Morgan fingerprint density at radius 1 is 1.00 bits per heavy atom. The van der Waals surface area contributed by atoms with Crippen LogP contribution in [0.5, 0.6) is 0 Å². The van der Waals surface area contributed by atoms with Gasteiger partial charge in [-0.25, -0.2) is 0 Å². The second kappa shape index (κ2) is 4.28. The molecule has 0 fully saturated rings. The molecule has 0 aromatic rings. The lowest BCUT2D eigenvalue weighted by Crippen LogP contribution is -2.04. The van der Waals surface area contributed by atoms with Gasteiger partial charge in [-0.3, -0.25) is 0 Å². The van der Waals surface area contributed by atoms with Crippen LogP contribution in [0.4, 0.5) is 0 Å². The first-order chi connectivity index (χ1) is 4.09. The van der Waals surface area contributed by atoms with Gasteiger partial charge in [-0.05, 0) is 17.5 Å². The highest BCUT2D eigenvalue weighted by atomic mass is 31.1. The van der Waals surface area contributed by atoms with E-state index in [4.69, 9.17) is 0 Å². The van der Waals surface area contributed by atoms with Crippen molar-refractivity contribution >= 4 is 7.92 Å². The van der Waals surface area contributed by atoms with E-state index in [9.17, 15) is 0 Å². The van der Waals surface area contributed by atoms with Crippen molar-refractivity contribution in [2.75, 3.05) is 6.16 Å². The molecule has 0 bridgehead atoms. The van der Waals surface area contributed by atoms with Crippen LogP contribution < -0.4 is 0 Å². The van der Waals surface area contributed by atoms with Gasteiger partial charge in [-0.1, -0.05) is 34.6 Å². The molecule has 9 heavy (non-hydrogen) atoms. The Kier molecular flexibility index (Phi) is 4.48. The second-order valence-electron chi connectivity index (χ2n) is 3.02. The topological polar surface area (TPSA) is 0 Å². The van der Waals surface area contributed by atoms with Crippen molar-refractivity contribution in [2.24, 2.45) is 0 Å². The lowest BCUT2D eigenvalue weighted by molar-refractivity contribution is 1.00. The van der Waals surface area contributed by atoms with Crippen molar-refractivity contribution < 1.29 is 0 Å². The summed E-state index contributed by atoms with van der Waals surface area (Å²) >= 11 is 0. The van der Waals surface area contributed by atoms with Crippen molar-refractivity contribution in [3.8, 4) is 0 Å². The molecule has 0 aromatic heterocycles. The molecule has 0 radical (unpaired) electrons. The van der Waals surface area contributed by atoms with Crippen LogP contribution in [0.15, 0.2) is 0 Å². The van der Waals surface area contributed by atoms with Gasteiger partial charge in [0.15, 0.2) is 0 Å². The first-order valence-corrected chi connectivity index (χ1v) is 5.51. The van der Waals surface area contributed by atoms with Gasteiger partial charge in [0, 0.05) is 0 Å². The Morgan fingerprint density at radius 3 is 1.33 bits per heavy atom. The third-order valence-corrected chi connectivity index (χ3v) is 5.08. The summed E-state index contributed by atoms with van der Waals surface area (Å²) in [4.78, 5) is 0. The predicted octanol–water partition coefficient (Wildman–Crippen LogP) is 3.31. The van der Waals surface area contributed by atoms with E-state index in [1.807, 2.05) is 0 Å². The maximum absolute atomic E-state index is 2.34. The molecular weight excluding hydrogens is 127 g/mol. The summed E-state index contributed by atoms with van der Waals surface area (Å²) in [6.07, 6.45) is 1.39. The van der Waals surface area contributed by atoms with Gasteiger partial charge in [0.2, 0.25) is 0 Å². The van der Waals surface area contributed by atoms with Crippen molar-refractivity contribution in [2.45, 2.75) is 45.9 Å². The van der Waals surface area contributed by atoms with Crippen LogP contribution in [0.1, 0.15) is 34.6 Å². The van der Waals surface area contributed by atoms with E-state index in [0.29, 0.717) is 7.92 Å². The van der Waals surface area contributed by atoms with E-state index in [1.165, 1.54) is 6.16 Å². The maximum Gasteiger partial charge on any atom is -0.0264 e. The number of hydrogen-bond acceptors (Lipinski definition) is 0. The molecular formula is C8H19P. The molecule has 0 saturated carbocycles. The zero-order chi connectivity index (χ0) is 7.44. The molecule has 0 heterocycles. The van der Waals surface area contributed by atoms with Crippen LogP contribution in [0.2, 0.25) is 0 Å². The summed E-state index contributed by atoms with van der Waals surface area (Å²) < 4.78 is 0. The number of hydrogen-bond donors (Lipinski definition) is 0. The van der Waals surface area contributed by atoms with Crippen LogP contribution in [0, 0.1) is 0 Å². The van der Waals surface area contributed by atoms with Gasteiger partial charge >= 0.3 is 0 Å². The highest BCUT2D eigenvalue weighted by Gasteiger charge is 2.12. The van der Waals surface area contributed by atoms with Crippen molar-refractivity contribution in [3.05, 3.63) is 0 Å². The molecule has 0 saturated heterocycles. The SMILES string of the molecule is CCP(C(C)C)C(C)C. The zero-order valence-electron chi connectivity index (χ0n) is 7.31. The van der Waals surface area contributed by atoms with Crippen LogP contribution >= 0.6 is 7.92 Å². The fourth-order valence-corrected chi connectivity index (χ4v) is 3.98. The average Bonchev–Trinajstić information content (AvgIpc) is 1.64. The molecule has 0 aliphatic rings. The summed E-state index contributed by atoms with van der Waals surface area (Å²) in [5, 5.41) is 0. The van der Waals surface area contributed by atoms with E-state index in [-0.39, 0.29) is 0 Å². The first-order valence-electron chi connectivity index (χ1n) is 3.85. The molecule has 0 rings (SSSR count). The average molecular weight is 146 g/mol. The molecule has 0 aromatic carbocycles. The van der Waals surface area contributed by atoms with Crippen LogP contribution in [0.25, 0.3) is 0 Å². The zero-order valence-corrected chi connectivity index (χ0v) is 8.20. The Balaban J connectivity index is 3.68. The molecule has 0 unspecified atom stereocenters. The lowest BCUT2D eigenvalue weighted by atomic mass is 10.5. The monoisotopic (exact) mass is 146 g/mol. The van der Waals surface area contributed by atoms with E-state index < -0.39 is 0 Å².